The van der Waals surface area contributed by atoms with Crippen molar-refractivity contribution in [1.82, 2.24) is 14.9 Å². The van der Waals surface area contributed by atoms with Crippen molar-refractivity contribution >= 4 is 28.5 Å². The van der Waals surface area contributed by atoms with Crippen molar-refractivity contribution in [3.8, 4) is 11.1 Å². The molecule has 2 aromatic heterocycles. The molecule has 9 nitrogen and oxygen atoms in total. The minimum absolute atomic E-state index is 0.0529. The summed E-state index contributed by atoms with van der Waals surface area (Å²) in [5.41, 5.74) is -3.96. The monoisotopic (exact) mass is 694 g/mol. The predicted octanol–water partition coefficient (Wildman–Crippen LogP) is 5.49. The van der Waals surface area contributed by atoms with Gasteiger partial charge in [-0.2, -0.15) is 13.2 Å². The number of carboxylic acid groups (broad SMARTS) is 1. The number of carbonyl (C=O) groups excluding carboxylic acids is 1. The molecule has 4 aromatic rings. The van der Waals surface area contributed by atoms with E-state index in [-0.39, 0.29) is 53.2 Å². The molecule has 0 spiro atoms. The van der Waals surface area contributed by atoms with E-state index in [1.807, 2.05) is 0 Å². The Morgan fingerprint density at radius 3 is 2.45 bits per heavy atom. The van der Waals surface area contributed by atoms with Crippen LogP contribution in [0, 0.1) is 18.6 Å². The van der Waals surface area contributed by atoms with Crippen LogP contribution in [0.5, 0.6) is 0 Å². The van der Waals surface area contributed by atoms with Crippen molar-refractivity contribution in [2.75, 3.05) is 24.7 Å². The zero-order valence-electron chi connectivity index (χ0n) is 26.0. The van der Waals surface area contributed by atoms with Crippen LogP contribution in [-0.4, -0.2) is 64.8 Å². The summed E-state index contributed by atoms with van der Waals surface area (Å²) in [6.45, 7) is 1.41. The summed E-state index contributed by atoms with van der Waals surface area (Å²) >= 11 is 0. The molecule has 1 aliphatic rings. The molecular weight excluding hydrogens is 665 g/mol. The third kappa shape index (κ3) is 7.23. The second kappa shape index (κ2) is 13.9. The molecule has 2 atom stereocenters. The third-order valence-electron chi connectivity index (χ3n) is 8.40. The normalized spacial score (nSPS) is 15.9. The second-order valence-corrected chi connectivity index (χ2v) is 11.5. The van der Waals surface area contributed by atoms with Crippen molar-refractivity contribution < 1.29 is 50.2 Å². The number of aromatic nitrogens is 2. The fourth-order valence-electron chi connectivity index (χ4n) is 5.90. The summed E-state index contributed by atoms with van der Waals surface area (Å²) in [6.07, 6.45) is -7.45. The van der Waals surface area contributed by atoms with Crippen molar-refractivity contribution in [2.24, 2.45) is 7.05 Å². The van der Waals surface area contributed by atoms with Gasteiger partial charge in [-0.3, -0.25) is 14.6 Å². The number of aryl methyl sites for hydroxylation is 1. The van der Waals surface area contributed by atoms with Crippen molar-refractivity contribution in [3.05, 3.63) is 93.0 Å². The van der Waals surface area contributed by atoms with Crippen molar-refractivity contribution in [2.45, 2.75) is 44.5 Å². The lowest BCUT2D eigenvalue weighted by Crippen LogP contribution is -2.46. The molecule has 1 amide bonds. The van der Waals surface area contributed by atoms with Gasteiger partial charge in [0.25, 0.3) is 11.5 Å². The standard InChI is InChI=1S/C33H29F7N4O5/c1-16-10-22(33(38,39)40)27(31(46)43(16)2)21-6-5-17(20-4-3-7-41-29(20)21)11-25(32(47)48)42-30(45)28-23(34)12-18(13-24(28)35)44-8-9-49-15-19(44)14-26(36)37/h3-7,10,12-13,19,25-26H,8-9,11,14-15H2,1-2H3,(H,42,45)(H,47,48)/t19-,25+/m1/s1. The van der Waals surface area contributed by atoms with Gasteiger partial charge in [-0.05, 0) is 36.8 Å². The third-order valence-corrected chi connectivity index (χ3v) is 8.40. The first-order valence-corrected chi connectivity index (χ1v) is 14.9. The Bertz CT molecular complexity index is 1960. The van der Waals surface area contributed by atoms with Crippen LogP contribution >= 0.6 is 0 Å². The Kier molecular flexibility index (Phi) is 9.99. The highest BCUT2D eigenvalue weighted by atomic mass is 19.4. The molecule has 49 heavy (non-hydrogen) atoms. The van der Waals surface area contributed by atoms with Crippen LogP contribution in [0.15, 0.2) is 53.5 Å². The van der Waals surface area contributed by atoms with Gasteiger partial charge in [-0.25, -0.2) is 22.4 Å². The van der Waals surface area contributed by atoms with Gasteiger partial charge >= 0.3 is 12.1 Å². The predicted molar refractivity (Wildman–Crippen MR) is 164 cm³/mol. The fourth-order valence-corrected chi connectivity index (χ4v) is 5.90. The number of alkyl halides is 5. The molecule has 1 saturated heterocycles. The molecule has 5 rings (SSSR count). The van der Waals surface area contributed by atoms with E-state index in [1.165, 1.54) is 49.3 Å². The minimum Gasteiger partial charge on any atom is -0.480 e. The number of hydrogen-bond donors (Lipinski definition) is 2. The summed E-state index contributed by atoms with van der Waals surface area (Å²) in [5, 5.41) is 12.2. The molecule has 2 N–H and O–H groups in total. The maximum atomic E-state index is 15.2. The Morgan fingerprint density at radius 2 is 1.82 bits per heavy atom. The van der Waals surface area contributed by atoms with Crippen LogP contribution in [0.2, 0.25) is 0 Å². The first-order chi connectivity index (χ1) is 23.1. The lowest BCUT2D eigenvalue weighted by atomic mass is 9.93. The lowest BCUT2D eigenvalue weighted by molar-refractivity contribution is -0.139. The molecule has 3 heterocycles. The molecule has 1 fully saturated rings. The van der Waals surface area contributed by atoms with E-state index in [0.717, 1.165) is 22.8 Å². The Labute approximate surface area is 273 Å². The van der Waals surface area contributed by atoms with Crippen LogP contribution in [-0.2, 0) is 29.2 Å². The molecule has 0 aliphatic carbocycles. The van der Waals surface area contributed by atoms with E-state index in [1.54, 1.807) is 0 Å². The van der Waals surface area contributed by atoms with Crippen LogP contribution < -0.4 is 15.8 Å². The number of morpholine rings is 1. The quantitative estimate of drug-likeness (QED) is 0.223. The number of nitrogens with zero attached hydrogens (tertiary/aromatic N) is 3. The van der Waals surface area contributed by atoms with Gasteiger partial charge in [0, 0.05) is 55.0 Å². The van der Waals surface area contributed by atoms with Gasteiger partial charge in [-0.1, -0.05) is 18.2 Å². The highest BCUT2D eigenvalue weighted by Gasteiger charge is 2.37. The molecule has 16 heteroatoms. The average molecular weight is 695 g/mol. The number of fused-ring (bicyclic) bond motifs is 1. The zero-order chi connectivity index (χ0) is 35.8. The highest BCUT2D eigenvalue weighted by molar-refractivity contribution is 5.99. The van der Waals surface area contributed by atoms with E-state index in [2.05, 4.69) is 10.3 Å². The maximum absolute atomic E-state index is 15.2. The molecule has 1 aliphatic heterocycles. The number of rotatable bonds is 9. The van der Waals surface area contributed by atoms with Gasteiger partial charge in [0.1, 0.15) is 23.2 Å². The van der Waals surface area contributed by atoms with E-state index in [4.69, 9.17) is 4.74 Å². The summed E-state index contributed by atoms with van der Waals surface area (Å²) < 4.78 is 105. The van der Waals surface area contributed by atoms with Crippen LogP contribution in [0.25, 0.3) is 22.0 Å². The Hall–Kier alpha value is -4.99. The number of benzene rings is 2. The topological polar surface area (TPSA) is 114 Å². The second-order valence-electron chi connectivity index (χ2n) is 11.5. The maximum Gasteiger partial charge on any atom is 0.417 e. The van der Waals surface area contributed by atoms with Gasteiger partial charge in [0.15, 0.2) is 0 Å². The van der Waals surface area contributed by atoms with Crippen molar-refractivity contribution in [3.63, 3.8) is 0 Å². The molecule has 0 bridgehead atoms. The van der Waals surface area contributed by atoms with E-state index < -0.39 is 83.3 Å². The number of nitrogens with one attached hydrogen (secondary N) is 1. The molecule has 0 radical (unpaired) electrons. The van der Waals surface area contributed by atoms with Gasteiger partial charge in [-0.15, -0.1) is 0 Å². The van der Waals surface area contributed by atoms with E-state index >= 15 is 8.78 Å². The minimum atomic E-state index is -4.90. The molecule has 0 saturated carbocycles. The van der Waals surface area contributed by atoms with Crippen LogP contribution in [0.1, 0.15) is 33.6 Å². The number of amides is 1. The largest absolute Gasteiger partial charge is 0.480 e. The summed E-state index contributed by atoms with van der Waals surface area (Å²) in [7, 11) is 1.32. The Balaban J connectivity index is 1.47. The zero-order valence-corrected chi connectivity index (χ0v) is 26.0. The van der Waals surface area contributed by atoms with Gasteiger partial charge < -0.3 is 24.6 Å². The van der Waals surface area contributed by atoms with Crippen molar-refractivity contribution in [1.29, 1.82) is 0 Å². The summed E-state index contributed by atoms with van der Waals surface area (Å²) in [5.74, 6) is -5.74. The SMILES string of the molecule is Cc1cc(C(F)(F)F)c(-c2ccc(C[C@H](NC(=O)c3c(F)cc(N4CCOC[C@H]4CC(F)F)cc3F)C(=O)O)c3cccnc23)c(=O)n1C. The first kappa shape index (κ1) is 35.3. The van der Waals surface area contributed by atoms with E-state index in [9.17, 15) is 41.4 Å². The molecule has 260 valence electrons. The van der Waals surface area contributed by atoms with Gasteiger partial charge in [0.05, 0.1) is 35.9 Å². The molecule has 2 aromatic carbocycles. The lowest BCUT2D eigenvalue weighted by Gasteiger charge is -2.37. The van der Waals surface area contributed by atoms with Crippen LogP contribution in [0.3, 0.4) is 0 Å². The number of carbonyl (C=O) groups is 2. The van der Waals surface area contributed by atoms with E-state index in [0.29, 0.717) is 0 Å². The molecular formula is C33H29F7N4O5. The summed E-state index contributed by atoms with van der Waals surface area (Å²) in [4.78, 5) is 44.0. The Morgan fingerprint density at radius 1 is 1.12 bits per heavy atom. The smallest absolute Gasteiger partial charge is 0.417 e. The molecule has 0 unspecified atom stereocenters. The average Bonchev–Trinajstić information content (AvgIpc) is 3.02. The summed E-state index contributed by atoms with van der Waals surface area (Å²) in [6, 6.07) is 5.12. The van der Waals surface area contributed by atoms with Gasteiger partial charge in [0.2, 0.25) is 6.43 Å². The fraction of sp³-hybridized carbons (Fsp3) is 0.333. The number of ether oxygens (including phenoxy) is 1. The highest BCUT2D eigenvalue weighted by Crippen LogP contribution is 2.38. The number of carboxylic acids is 1. The first-order valence-electron chi connectivity index (χ1n) is 14.9. The number of hydrogen-bond acceptors (Lipinski definition) is 6. The van der Waals surface area contributed by atoms with Crippen LogP contribution in [0.4, 0.5) is 36.4 Å². The number of aliphatic carboxylic acids is 1. The number of pyridine rings is 2. The number of halogens is 7. The number of anilines is 1.